The van der Waals surface area contributed by atoms with Gasteiger partial charge < -0.3 is 30.2 Å². The second-order valence-corrected chi connectivity index (χ2v) is 32.5. The Bertz CT molecular complexity index is 5380. The van der Waals surface area contributed by atoms with Crippen molar-refractivity contribution in [2.24, 2.45) is 42.7 Å². The number of aliphatic imine (C=N–C) groups is 5. The number of carbonyl (C=O) groups excluding carboxylic acids is 5. The summed E-state index contributed by atoms with van der Waals surface area (Å²) in [5, 5.41) is 11.9. The molecule has 0 saturated heterocycles. The molecule has 0 radical (unpaired) electrons. The molecule has 10 aromatic rings. The number of rotatable bonds is 38. The van der Waals surface area contributed by atoms with E-state index in [1.54, 1.807) is 100 Å². The molecule has 128 heavy (non-hydrogen) atoms. The van der Waals surface area contributed by atoms with Crippen molar-refractivity contribution in [3.63, 3.8) is 0 Å². The molecule has 0 saturated carbocycles. The molecule has 0 unspecified atom stereocenters. The lowest BCUT2D eigenvalue weighted by Crippen LogP contribution is -2.36. The number of benzene rings is 10. The van der Waals surface area contributed by atoms with Crippen molar-refractivity contribution in [1.82, 2.24) is 10.9 Å². The predicted molar refractivity (Wildman–Crippen MR) is 516 cm³/mol. The van der Waals surface area contributed by atoms with E-state index < -0.39 is 29.1 Å². The highest BCUT2D eigenvalue weighted by Crippen LogP contribution is 2.30. The molecule has 0 bridgehead atoms. The van der Waals surface area contributed by atoms with Crippen LogP contribution < -0.4 is 51.9 Å². The predicted octanol–water partition coefficient (Wildman–Crippen LogP) is 26.9. The van der Waals surface area contributed by atoms with Crippen molar-refractivity contribution >= 4 is 196 Å². The van der Waals surface area contributed by atoms with Gasteiger partial charge in [0.15, 0.2) is 40.6 Å². The number of nitrogens with zero attached hydrogens (tertiary/aromatic N) is 5. The summed E-state index contributed by atoms with van der Waals surface area (Å²) in [6.07, 6.45) is 4.97. The van der Waals surface area contributed by atoms with Crippen molar-refractivity contribution in [2.75, 3.05) is 67.8 Å². The van der Waals surface area contributed by atoms with Gasteiger partial charge in [-0.3, -0.25) is 45.7 Å². The Morgan fingerprint density at radius 1 is 0.328 bits per heavy atom. The third-order valence-electron chi connectivity index (χ3n) is 17.5. The summed E-state index contributed by atoms with van der Waals surface area (Å²) in [7, 11) is 4.74. The Morgan fingerprint density at radius 2 is 0.633 bits per heavy atom. The number of carbonyl (C=O) groups is 5. The second-order valence-electron chi connectivity index (χ2n) is 29.4. The number of hydrogen-bond acceptors (Lipinski definition) is 18. The molecular weight excluding hydrogens is 1790 g/mol. The summed E-state index contributed by atoms with van der Waals surface area (Å²) >= 11 is 40.8. The van der Waals surface area contributed by atoms with Crippen LogP contribution in [0.5, 0.6) is 17.2 Å². The van der Waals surface area contributed by atoms with Gasteiger partial charge >= 0.3 is 0 Å². The van der Waals surface area contributed by atoms with Gasteiger partial charge in [-0.15, -0.1) is 0 Å². The average molecular weight is 1900 g/mol. The number of hydrogen-bond donors (Lipinski definition) is 7. The molecule has 0 aromatic heterocycles. The fourth-order valence-electron chi connectivity index (χ4n) is 11.0. The monoisotopic (exact) mass is 1890 g/mol. The maximum absolute atomic E-state index is 14.1. The summed E-state index contributed by atoms with van der Waals surface area (Å²) < 4.78 is 85.7. The Balaban J connectivity index is 0.000000247. The number of unbranched alkanes of at least 4 members (excludes halogenated alkanes) is 2. The van der Waals surface area contributed by atoms with Crippen LogP contribution in [0.3, 0.4) is 0 Å². The lowest BCUT2D eigenvalue weighted by atomic mass is 10.0. The van der Waals surface area contributed by atoms with E-state index >= 15 is 0 Å². The second kappa shape index (κ2) is 56.0. The molecule has 0 amide bonds. The van der Waals surface area contributed by atoms with Gasteiger partial charge in [-0.1, -0.05) is 180 Å². The Morgan fingerprint density at radius 3 is 0.969 bits per heavy atom. The first-order valence-corrected chi connectivity index (χ1v) is 43.3. The normalized spacial score (nSPS) is 11.4. The zero-order chi connectivity index (χ0) is 93.8. The Kier molecular flexibility index (Phi) is 46.1. The molecule has 0 aliphatic heterocycles. The molecule has 0 aliphatic rings. The number of para-hydroxylation sites is 1. The maximum atomic E-state index is 14.1. The lowest BCUT2D eigenvalue weighted by molar-refractivity contribution is -0.114. The highest BCUT2D eigenvalue weighted by Gasteiger charge is 2.21. The first kappa shape index (κ1) is 105. The van der Waals surface area contributed by atoms with Crippen LogP contribution in [0.15, 0.2) is 237 Å². The van der Waals surface area contributed by atoms with Crippen molar-refractivity contribution in [3.8, 4) is 17.2 Å². The number of nitrogens with one attached hydrogen (secondary N) is 7. The van der Waals surface area contributed by atoms with Crippen LogP contribution in [0, 0.1) is 46.8 Å². The third kappa shape index (κ3) is 38.6. The lowest BCUT2D eigenvalue weighted by Gasteiger charge is -2.13. The minimum absolute atomic E-state index is 0.0164. The highest BCUT2D eigenvalue weighted by atomic mass is 35.5. The quantitative estimate of drug-likeness (QED) is 0.00822. The molecule has 0 fully saturated rings. The van der Waals surface area contributed by atoms with E-state index in [1.165, 1.54) is 60.7 Å². The summed E-state index contributed by atoms with van der Waals surface area (Å²) in [6, 6.07) is 56.7. The number of Topliss-reactive ketones (excluding diaryl/α,β-unsaturated/α-hetero) is 5. The number of amidine groups is 2. The van der Waals surface area contributed by atoms with Gasteiger partial charge in [0.05, 0.1) is 80.1 Å². The van der Waals surface area contributed by atoms with Crippen molar-refractivity contribution in [1.29, 1.82) is 0 Å². The van der Waals surface area contributed by atoms with E-state index in [4.69, 9.17) is 95.4 Å². The van der Waals surface area contributed by atoms with Crippen LogP contribution in [0.2, 0.25) is 35.2 Å². The van der Waals surface area contributed by atoms with Crippen LogP contribution in [0.1, 0.15) is 113 Å². The molecule has 10 aromatic carbocycles. The fourth-order valence-corrected chi connectivity index (χ4v) is 12.1. The summed E-state index contributed by atoms with van der Waals surface area (Å²) in [6.45, 7) is 16.1. The van der Waals surface area contributed by atoms with Gasteiger partial charge in [-0.05, 0) is 194 Å². The minimum Gasteiger partial charge on any atom is -0.497 e. The number of halogens is 12. The van der Waals surface area contributed by atoms with Gasteiger partial charge in [0.25, 0.3) is 0 Å². The topological polar surface area (TPSA) is 259 Å². The fraction of sp³-hybridized carbons (Fsp3) is 0.271. The van der Waals surface area contributed by atoms with Gasteiger partial charge in [0.1, 0.15) is 74.8 Å². The van der Waals surface area contributed by atoms with Crippen molar-refractivity contribution in [3.05, 3.63) is 277 Å². The third-order valence-corrected chi connectivity index (χ3v) is 19.3. The molecule has 0 aliphatic carbocycles. The number of hydrazine groups is 2. The standard InChI is InChI=1S/2C20H22ClFN2O2.C19H19Cl2FN2O.C19H21ClFN3O2.C18H18Cl2FN3O/c1-13(2)9-20(25)19(24-18-8-7-14(21)10-17(18)22)12-23-15-5-4-6-16(11-15)26-3;1-3-4-8-20(25)19(24-18-10-9-14(21)11-17(18)22)13-23-15-6-5-7-16(12-15)26-2;1-2-3-8-19(25)18(12-23-16-7-5-4-6-14(16)21)24-17-10-9-13(20)11-15(17)22;1-12(2)9-18(25)19(22-17-8-7-13(20)10-16(17)21)24-23-14-5-4-6-15(11-14)26-3;1-11(2)9-17(25)18(22-16-8-5-13(20)10-15(16)21)24-23-14-6-3-12(19)4-7-14/h4-8,10-11,13,23H,9,12H2,1-3H3;5-7,9-12,23H,3-4,8,13H2,1-2H3;4-7,9-11,23H,2-3,8,12H2,1H3;4-8,10-12,23H,9H2,1-3H3,(H,22,24);3-8,10-11,23H,9H2,1-2H3,(H,22,24). The summed E-state index contributed by atoms with van der Waals surface area (Å²) in [4.78, 5) is 83.3. The van der Waals surface area contributed by atoms with Gasteiger partial charge in [0, 0.05) is 91.8 Å². The first-order valence-electron chi connectivity index (χ1n) is 40.7. The number of ether oxygens (including phenoxy) is 3. The van der Waals surface area contributed by atoms with Gasteiger partial charge in [-0.25, -0.2) is 46.9 Å². The Hall–Kier alpha value is -11.4. The van der Waals surface area contributed by atoms with E-state index in [0.717, 1.165) is 49.2 Å². The van der Waals surface area contributed by atoms with Crippen molar-refractivity contribution < 1.29 is 60.1 Å². The van der Waals surface area contributed by atoms with E-state index in [0.29, 0.717) is 63.6 Å². The largest absolute Gasteiger partial charge is 0.497 e. The zero-order valence-corrected chi connectivity index (χ0v) is 77.8. The number of methoxy groups -OCH3 is 3. The van der Waals surface area contributed by atoms with E-state index in [-0.39, 0.29) is 162 Å². The summed E-state index contributed by atoms with van der Waals surface area (Å²) in [5.41, 5.74) is 16.1. The van der Waals surface area contributed by atoms with Gasteiger partial charge in [-0.2, -0.15) is 0 Å². The number of anilines is 5. The minimum atomic E-state index is -0.601. The van der Waals surface area contributed by atoms with E-state index in [9.17, 15) is 45.9 Å². The van der Waals surface area contributed by atoms with Crippen LogP contribution in [-0.4, -0.2) is 98.7 Å². The highest BCUT2D eigenvalue weighted by molar-refractivity contribution is 6.44. The Labute approximate surface area is 778 Å². The van der Waals surface area contributed by atoms with Crippen LogP contribution in [-0.2, 0) is 24.0 Å². The molecule has 0 spiro atoms. The van der Waals surface area contributed by atoms with Crippen LogP contribution in [0.4, 0.5) is 78.8 Å². The van der Waals surface area contributed by atoms with Crippen LogP contribution in [0.25, 0.3) is 0 Å². The molecule has 0 atom stereocenters. The smallest absolute Gasteiger partial charge is 0.199 e. The SMILES string of the molecule is CC(C)CC(=O)C(=Nc1ccc(Cl)cc1F)NNc1ccc(Cl)cc1.CCCCC(=O)C(CNc1cccc(OC)c1)=Nc1ccc(Cl)cc1F.CCCCC(=O)C(CNc1ccccc1Cl)=Nc1ccc(Cl)cc1F.COc1cccc(NCC(=Nc2ccc(Cl)cc2F)C(=O)CC(C)C)c1.COc1cccc(NNC(=Nc2ccc(Cl)cc2F)C(=O)CC(C)C)c1. The van der Waals surface area contributed by atoms with E-state index in [2.05, 4.69) is 62.6 Å². The van der Waals surface area contributed by atoms with Crippen LogP contribution >= 0.6 is 81.2 Å². The molecule has 20 nitrogen and oxygen atoms in total. The zero-order valence-electron chi connectivity index (χ0n) is 72.5. The van der Waals surface area contributed by atoms with Gasteiger partial charge in [0.2, 0.25) is 0 Å². The first-order chi connectivity index (χ1) is 61.2. The van der Waals surface area contributed by atoms with Crippen molar-refractivity contribution in [2.45, 2.75) is 113 Å². The molecular formula is C96H102Cl7F5N12O8. The molecule has 0 heterocycles. The summed E-state index contributed by atoms with van der Waals surface area (Å²) in [5.74, 6) is -1.12. The molecule has 10 rings (SSSR count). The molecule has 7 N–H and O–H groups in total. The maximum Gasteiger partial charge on any atom is 0.199 e. The molecule has 678 valence electrons. The number of ketones is 5. The average Bonchev–Trinajstić information content (AvgIpc) is 0.866. The molecule has 32 heteroatoms. The van der Waals surface area contributed by atoms with E-state index in [1.807, 2.05) is 116 Å².